The summed E-state index contributed by atoms with van der Waals surface area (Å²) in [5.41, 5.74) is 2.31. The van der Waals surface area contributed by atoms with Crippen molar-refractivity contribution in [2.24, 2.45) is 0 Å². The Labute approximate surface area is 189 Å². The van der Waals surface area contributed by atoms with E-state index in [1.165, 1.54) is 30.8 Å². The van der Waals surface area contributed by atoms with Gasteiger partial charge in [-0.3, -0.25) is 10.1 Å². The molecule has 3 aromatic rings. The molecule has 9 nitrogen and oxygen atoms in total. The molecule has 3 N–H and O–H groups in total. The third-order valence-electron chi connectivity index (χ3n) is 5.67. The SMILES string of the molecule is Cc1ccc(-c2cc(NCCCN3CCCC3)n3ncc(/C=C4\NC(=O)NC4=O)c3n2)s1. The number of thiophene rings is 1. The molecule has 0 atom stereocenters. The fourth-order valence-electron chi connectivity index (χ4n) is 4.07. The summed E-state index contributed by atoms with van der Waals surface area (Å²) < 4.78 is 1.75. The number of anilines is 1. The monoisotopic (exact) mass is 451 g/mol. The van der Waals surface area contributed by atoms with Crippen molar-refractivity contribution in [1.29, 1.82) is 0 Å². The van der Waals surface area contributed by atoms with E-state index in [9.17, 15) is 9.59 Å². The molecule has 2 aliphatic heterocycles. The predicted octanol–water partition coefficient (Wildman–Crippen LogP) is 2.84. The molecular formula is C22H25N7O2S. The highest BCUT2D eigenvalue weighted by atomic mass is 32.1. The maximum atomic E-state index is 12.0. The van der Waals surface area contributed by atoms with Crippen LogP contribution in [0.2, 0.25) is 0 Å². The lowest BCUT2D eigenvalue weighted by molar-refractivity contribution is -0.115. The van der Waals surface area contributed by atoms with Crippen molar-refractivity contribution in [1.82, 2.24) is 30.1 Å². The lowest BCUT2D eigenvalue weighted by Gasteiger charge is -2.15. The number of fused-ring (bicyclic) bond motifs is 1. The van der Waals surface area contributed by atoms with Gasteiger partial charge in [0, 0.05) is 23.1 Å². The second kappa shape index (κ2) is 8.71. The summed E-state index contributed by atoms with van der Waals surface area (Å²) in [6.07, 6.45) is 6.90. The Balaban J connectivity index is 1.46. The molecule has 2 fully saturated rings. The first-order valence-electron chi connectivity index (χ1n) is 10.8. The molecule has 3 aromatic heterocycles. The molecule has 0 bridgehead atoms. The molecule has 3 amide bonds. The van der Waals surface area contributed by atoms with Crippen LogP contribution in [-0.2, 0) is 4.79 Å². The van der Waals surface area contributed by atoms with Gasteiger partial charge in [0.1, 0.15) is 11.5 Å². The third-order valence-corrected chi connectivity index (χ3v) is 6.69. The summed E-state index contributed by atoms with van der Waals surface area (Å²) in [5, 5.41) is 12.8. The van der Waals surface area contributed by atoms with Crippen molar-refractivity contribution in [3.05, 3.63) is 40.5 Å². The Morgan fingerprint density at radius 1 is 1.22 bits per heavy atom. The minimum Gasteiger partial charge on any atom is -0.370 e. The molecular weight excluding hydrogens is 426 g/mol. The summed E-state index contributed by atoms with van der Waals surface area (Å²) in [6, 6.07) is 5.63. The average molecular weight is 452 g/mol. The summed E-state index contributed by atoms with van der Waals surface area (Å²) in [6.45, 7) is 6.38. The van der Waals surface area contributed by atoms with Crippen LogP contribution in [-0.4, -0.2) is 57.6 Å². The fourth-order valence-corrected chi connectivity index (χ4v) is 4.90. The Hall–Kier alpha value is -3.24. The molecule has 0 unspecified atom stereocenters. The van der Waals surface area contributed by atoms with Gasteiger partial charge in [-0.05, 0) is 64.0 Å². The molecule has 0 aliphatic carbocycles. The van der Waals surface area contributed by atoms with Crippen LogP contribution < -0.4 is 16.0 Å². The number of amides is 3. The third kappa shape index (κ3) is 4.23. The van der Waals surface area contributed by atoms with Gasteiger partial charge >= 0.3 is 6.03 Å². The van der Waals surface area contributed by atoms with Crippen LogP contribution in [0, 0.1) is 6.92 Å². The van der Waals surface area contributed by atoms with Crippen LogP contribution in [0.1, 0.15) is 29.7 Å². The molecule has 0 spiro atoms. The first-order valence-corrected chi connectivity index (χ1v) is 11.6. The van der Waals surface area contributed by atoms with Gasteiger partial charge in [-0.15, -0.1) is 11.3 Å². The smallest absolute Gasteiger partial charge is 0.326 e. The van der Waals surface area contributed by atoms with Crippen LogP contribution >= 0.6 is 11.3 Å². The molecule has 5 heterocycles. The molecule has 32 heavy (non-hydrogen) atoms. The number of carbonyl (C=O) groups is 2. The number of carbonyl (C=O) groups excluding carboxylic acids is 2. The summed E-state index contributed by atoms with van der Waals surface area (Å²) >= 11 is 1.68. The molecule has 166 valence electrons. The van der Waals surface area contributed by atoms with Gasteiger partial charge in [0.2, 0.25) is 0 Å². The lowest BCUT2D eigenvalue weighted by Crippen LogP contribution is -2.22. The minimum absolute atomic E-state index is 0.184. The fraction of sp³-hybridized carbons (Fsp3) is 0.364. The van der Waals surface area contributed by atoms with Gasteiger partial charge in [-0.25, -0.2) is 9.78 Å². The molecule has 0 aromatic carbocycles. The van der Waals surface area contributed by atoms with Crippen LogP contribution in [0.5, 0.6) is 0 Å². The van der Waals surface area contributed by atoms with E-state index in [1.807, 2.05) is 6.07 Å². The minimum atomic E-state index is -0.527. The van der Waals surface area contributed by atoms with Gasteiger partial charge in [-0.1, -0.05) is 0 Å². The van der Waals surface area contributed by atoms with Crippen molar-refractivity contribution in [2.45, 2.75) is 26.2 Å². The van der Waals surface area contributed by atoms with E-state index in [0.717, 1.165) is 35.9 Å². The van der Waals surface area contributed by atoms with Gasteiger partial charge in [0.15, 0.2) is 5.65 Å². The topological polar surface area (TPSA) is 104 Å². The molecule has 5 rings (SSSR count). The second-order valence-electron chi connectivity index (χ2n) is 8.07. The normalized spacial score (nSPS) is 18.0. The quantitative estimate of drug-likeness (QED) is 0.290. The lowest BCUT2D eigenvalue weighted by atomic mass is 10.2. The molecule has 0 saturated carbocycles. The van der Waals surface area contributed by atoms with Crippen LogP contribution in [0.3, 0.4) is 0 Å². The van der Waals surface area contributed by atoms with E-state index in [4.69, 9.17) is 4.98 Å². The van der Waals surface area contributed by atoms with Crippen molar-refractivity contribution < 1.29 is 9.59 Å². The number of hydrogen-bond donors (Lipinski definition) is 3. The van der Waals surface area contributed by atoms with E-state index >= 15 is 0 Å². The van der Waals surface area contributed by atoms with E-state index < -0.39 is 11.9 Å². The zero-order valence-electron chi connectivity index (χ0n) is 17.9. The number of imide groups is 1. The summed E-state index contributed by atoms with van der Waals surface area (Å²) in [4.78, 5) is 33.0. The number of nitrogens with one attached hydrogen (secondary N) is 3. The van der Waals surface area contributed by atoms with E-state index in [-0.39, 0.29) is 5.70 Å². The van der Waals surface area contributed by atoms with Crippen molar-refractivity contribution >= 4 is 40.8 Å². The number of aryl methyl sites for hydroxylation is 1. The highest BCUT2D eigenvalue weighted by Crippen LogP contribution is 2.30. The van der Waals surface area contributed by atoms with E-state index in [0.29, 0.717) is 11.2 Å². The molecule has 10 heteroatoms. The summed E-state index contributed by atoms with van der Waals surface area (Å²) in [5.74, 6) is 0.390. The number of hydrogen-bond acceptors (Lipinski definition) is 7. The Morgan fingerprint density at radius 2 is 2.06 bits per heavy atom. The van der Waals surface area contributed by atoms with Gasteiger partial charge in [-0.2, -0.15) is 9.61 Å². The van der Waals surface area contributed by atoms with Gasteiger partial charge < -0.3 is 15.5 Å². The molecule has 2 saturated heterocycles. The maximum absolute atomic E-state index is 12.0. The highest BCUT2D eigenvalue weighted by molar-refractivity contribution is 7.15. The van der Waals surface area contributed by atoms with Crippen LogP contribution in [0.15, 0.2) is 30.1 Å². The van der Waals surface area contributed by atoms with E-state index in [2.05, 4.69) is 45.0 Å². The first-order chi connectivity index (χ1) is 15.6. The average Bonchev–Trinajstić information content (AvgIpc) is 3.55. The Bertz CT molecular complexity index is 1210. The number of urea groups is 1. The Morgan fingerprint density at radius 3 is 2.78 bits per heavy atom. The maximum Gasteiger partial charge on any atom is 0.326 e. The van der Waals surface area contributed by atoms with Crippen molar-refractivity contribution in [3.8, 4) is 10.6 Å². The Kier molecular flexibility index (Phi) is 5.62. The van der Waals surface area contributed by atoms with Gasteiger partial charge in [0.05, 0.1) is 16.8 Å². The predicted molar refractivity (Wildman–Crippen MR) is 124 cm³/mol. The van der Waals surface area contributed by atoms with Crippen LogP contribution in [0.25, 0.3) is 22.3 Å². The van der Waals surface area contributed by atoms with Gasteiger partial charge in [0.25, 0.3) is 5.91 Å². The summed E-state index contributed by atoms with van der Waals surface area (Å²) in [7, 11) is 0. The second-order valence-corrected chi connectivity index (χ2v) is 9.36. The first kappa shape index (κ1) is 20.7. The molecule has 0 radical (unpaired) electrons. The number of aromatic nitrogens is 3. The van der Waals surface area contributed by atoms with Crippen molar-refractivity contribution in [2.75, 3.05) is 31.5 Å². The number of rotatable bonds is 7. The number of nitrogens with zero attached hydrogens (tertiary/aromatic N) is 4. The highest BCUT2D eigenvalue weighted by Gasteiger charge is 2.24. The largest absolute Gasteiger partial charge is 0.370 e. The van der Waals surface area contributed by atoms with Crippen molar-refractivity contribution in [3.63, 3.8) is 0 Å². The van der Waals surface area contributed by atoms with Crippen LogP contribution in [0.4, 0.5) is 10.6 Å². The zero-order chi connectivity index (χ0) is 22.1. The van der Waals surface area contributed by atoms with E-state index in [1.54, 1.807) is 28.1 Å². The zero-order valence-corrected chi connectivity index (χ0v) is 18.7. The standard InChI is InChI=1S/C22H25N7O2S/c1-14-5-6-18(32-14)16-12-19(23-7-4-10-28-8-2-3-9-28)29-20(25-16)15(13-24-29)11-17-21(30)27-22(31)26-17/h5-6,11-13,23H,2-4,7-10H2,1H3,(H2,26,27,30,31)/b17-11-. The number of likely N-dealkylation sites (tertiary alicyclic amines) is 1. The molecule has 2 aliphatic rings.